The smallest absolute Gasteiger partial charge is 0.230 e. The van der Waals surface area contributed by atoms with Gasteiger partial charge in [0.05, 0.1) is 5.92 Å². The molecule has 1 saturated carbocycles. The van der Waals surface area contributed by atoms with E-state index in [1.165, 1.54) is 16.9 Å². The van der Waals surface area contributed by atoms with Crippen molar-refractivity contribution in [1.29, 1.82) is 0 Å². The van der Waals surface area contributed by atoms with Crippen molar-refractivity contribution in [3.63, 3.8) is 0 Å². The number of aromatic nitrogens is 2. The fourth-order valence-electron chi connectivity index (χ4n) is 2.48. The Labute approximate surface area is 118 Å². The molecule has 19 heavy (non-hydrogen) atoms. The largest absolute Gasteiger partial charge is 0.300 e. The van der Waals surface area contributed by atoms with Crippen LogP contribution in [0.2, 0.25) is 0 Å². The molecule has 1 N–H and O–H groups in total. The van der Waals surface area contributed by atoms with E-state index in [4.69, 9.17) is 0 Å². The lowest BCUT2D eigenvalue weighted by Gasteiger charge is -2.01. The fourth-order valence-corrected chi connectivity index (χ4v) is 3.16. The van der Waals surface area contributed by atoms with Crippen molar-refractivity contribution in [2.24, 2.45) is 17.3 Å². The summed E-state index contributed by atoms with van der Waals surface area (Å²) in [7, 11) is 0. The second-order valence-electron chi connectivity index (χ2n) is 5.91. The Balaban J connectivity index is 2.03. The van der Waals surface area contributed by atoms with Gasteiger partial charge in [-0.05, 0) is 31.6 Å². The van der Waals surface area contributed by atoms with Gasteiger partial charge in [0.25, 0.3) is 0 Å². The monoisotopic (exact) mass is 279 g/mol. The van der Waals surface area contributed by atoms with Crippen LogP contribution in [-0.4, -0.2) is 16.1 Å². The summed E-state index contributed by atoms with van der Waals surface area (Å²) in [5.74, 6) is 0.429. The van der Waals surface area contributed by atoms with Gasteiger partial charge in [-0.1, -0.05) is 43.8 Å². The highest BCUT2D eigenvalue weighted by molar-refractivity contribution is 7.15. The highest BCUT2D eigenvalue weighted by atomic mass is 32.1. The molecule has 1 heterocycles. The number of hydrogen-bond donors (Lipinski definition) is 1. The Morgan fingerprint density at radius 2 is 2.11 bits per heavy atom. The first-order valence-corrected chi connectivity index (χ1v) is 7.46. The first kappa shape index (κ1) is 14.2. The molecule has 1 amide bonds. The molecular weight excluding hydrogens is 258 g/mol. The Morgan fingerprint density at radius 1 is 1.42 bits per heavy atom. The number of carbonyl (C=O) groups excluding carboxylic acids is 1. The van der Waals surface area contributed by atoms with Gasteiger partial charge in [0.1, 0.15) is 5.01 Å². The minimum Gasteiger partial charge on any atom is -0.300 e. The zero-order valence-electron chi connectivity index (χ0n) is 12.2. The van der Waals surface area contributed by atoms with Crippen LogP contribution >= 0.6 is 11.3 Å². The second-order valence-corrected chi connectivity index (χ2v) is 6.97. The molecule has 4 nitrogen and oxygen atoms in total. The summed E-state index contributed by atoms with van der Waals surface area (Å²) >= 11 is 1.45. The molecule has 0 spiro atoms. The third-order valence-corrected chi connectivity index (χ3v) is 4.69. The van der Waals surface area contributed by atoms with Crippen molar-refractivity contribution in [1.82, 2.24) is 10.2 Å². The van der Waals surface area contributed by atoms with Gasteiger partial charge >= 0.3 is 0 Å². The molecule has 1 aliphatic rings. The summed E-state index contributed by atoms with van der Waals surface area (Å²) in [6, 6.07) is 0. The number of carbonyl (C=O) groups is 1. The van der Waals surface area contributed by atoms with Gasteiger partial charge in [-0.2, -0.15) is 0 Å². The molecule has 1 fully saturated rings. The molecule has 1 aromatic rings. The molecule has 2 rings (SSSR count). The predicted molar refractivity (Wildman–Crippen MR) is 78.1 cm³/mol. The molecule has 0 unspecified atom stereocenters. The lowest BCUT2D eigenvalue weighted by molar-refractivity contribution is -0.118. The van der Waals surface area contributed by atoms with Crippen LogP contribution in [0, 0.1) is 17.3 Å². The number of hydrogen-bond acceptors (Lipinski definition) is 4. The molecule has 5 heteroatoms. The van der Waals surface area contributed by atoms with E-state index in [9.17, 15) is 4.79 Å². The topological polar surface area (TPSA) is 54.9 Å². The molecular formula is C14H21N3OS. The van der Waals surface area contributed by atoms with Crippen LogP contribution < -0.4 is 5.32 Å². The number of allylic oxidation sites excluding steroid dienone is 2. The normalized spacial score (nSPS) is 23.8. The summed E-state index contributed by atoms with van der Waals surface area (Å²) in [6.45, 7) is 10.4. The third-order valence-electron chi connectivity index (χ3n) is 3.71. The van der Waals surface area contributed by atoms with Gasteiger partial charge in [0.2, 0.25) is 11.0 Å². The maximum Gasteiger partial charge on any atom is 0.230 e. The molecule has 0 saturated heterocycles. The van der Waals surface area contributed by atoms with E-state index >= 15 is 0 Å². The van der Waals surface area contributed by atoms with E-state index in [0.717, 1.165) is 11.4 Å². The SMILES string of the molecule is CCc1nnc(NC(=O)[C@@H]2[C@@H](C=C(C)C)C2(C)C)s1. The average Bonchev–Trinajstić information content (AvgIpc) is 2.70. The summed E-state index contributed by atoms with van der Waals surface area (Å²) < 4.78 is 0. The van der Waals surface area contributed by atoms with Crippen LogP contribution in [0.5, 0.6) is 0 Å². The van der Waals surface area contributed by atoms with Crippen molar-refractivity contribution in [3.05, 3.63) is 16.7 Å². The van der Waals surface area contributed by atoms with Crippen LogP contribution in [-0.2, 0) is 11.2 Å². The molecule has 2 atom stereocenters. The minimum atomic E-state index is 0.0383. The van der Waals surface area contributed by atoms with Crippen LogP contribution in [0.15, 0.2) is 11.6 Å². The lowest BCUT2D eigenvalue weighted by atomic mass is 10.1. The first-order valence-electron chi connectivity index (χ1n) is 6.64. The van der Waals surface area contributed by atoms with Gasteiger partial charge in [-0.15, -0.1) is 10.2 Å². The zero-order valence-corrected chi connectivity index (χ0v) is 13.0. The van der Waals surface area contributed by atoms with Crippen LogP contribution in [0.25, 0.3) is 0 Å². The van der Waals surface area contributed by atoms with Crippen molar-refractivity contribution < 1.29 is 4.79 Å². The first-order chi connectivity index (χ1) is 8.86. The number of nitrogens with one attached hydrogen (secondary N) is 1. The van der Waals surface area contributed by atoms with E-state index < -0.39 is 0 Å². The molecule has 0 bridgehead atoms. The number of amides is 1. The van der Waals surface area contributed by atoms with Crippen molar-refractivity contribution >= 4 is 22.4 Å². The number of anilines is 1. The number of nitrogens with zero attached hydrogens (tertiary/aromatic N) is 2. The third kappa shape index (κ3) is 2.86. The number of rotatable bonds is 4. The van der Waals surface area contributed by atoms with Crippen LogP contribution in [0.1, 0.15) is 39.6 Å². The molecule has 1 aliphatic carbocycles. The lowest BCUT2D eigenvalue weighted by Crippen LogP contribution is -2.16. The van der Waals surface area contributed by atoms with E-state index in [1.54, 1.807) is 0 Å². The maximum atomic E-state index is 12.3. The zero-order chi connectivity index (χ0) is 14.2. The Morgan fingerprint density at radius 3 is 2.63 bits per heavy atom. The minimum absolute atomic E-state index is 0.0383. The van der Waals surface area contributed by atoms with E-state index in [2.05, 4.69) is 49.3 Å². The second kappa shape index (κ2) is 5.04. The van der Waals surface area contributed by atoms with E-state index in [0.29, 0.717) is 11.0 Å². The summed E-state index contributed by atoms with van der Waals surface area (Å²) in [5, 5.41) is 12.5. The predicted octanol–water partition coefficient (Wildman–Crippen LogP) is 3.28. The molecule has 0 radical (unpaired) electrons. The van der Waals surface area contributed by atoms with Crippen molar-refractivity contribution in [2.45, 2.75) is 41.0 Å². The molecule has 104 valence electrons. The number of aryl methyl sites for hydroxylation is 1. The highest BCUT2D eigenvalue weighted by Crippen LogP contribution is 2.59. The maximum absolute atomic E-state index is 12.3. The van der Waals surface area contributed by atoms with Gasteiger partial charge < -0.3 is 5.32 Å². The van der Waals surface area contributed by atoms with Crippen LogP contribution in [0.3, 0.4) is 0 Å². The van der Waals surface area contributed by atoms with Gasteiger partial charge in [-0.25, -0.2) is 0 Å². The highest BCUT2D eigenvalue weighted by Gasteiger charge is 2.60. The Kier molecular flexibility index (Phi) is 3.76. The summed E-state index contributed by atoms with van der Waals surface area (Å²) in [5.41, 5.74) is 1.30. The summed E-state index contributed by atoms with van der Waals surface area (Å²) in [6.07, 6.45) is 3.05. The summed E-state index contributed by atoms with van der Waals surface area (Å²) in [4.78, 5) is 12.3. The standard InChI is InChI=1S/C14H21N3OS/c1-6-10-16-17-13(19-10)15-12(18)11-9(7-8(2)3)14(11,4)5/h7,9,11H,6H2,1-5H3,(H,15,17,18)/t9-,11+/m1/s1. The Bertz CT molecular complexity index is 515. The quantitative estimate of drug-likeness (QED) is 0.861. The van der Waals surface area contributed by atoms with E-state index in [-0.39, 0.29) is 17.2 Å². The van der Waals surface area contributed by atoms with Crippen molar-refractivity contribution in [3.8, 4) is 0 Å². The molecule has 1 aromatic heterocycles. The van der Waals surface area contributed by atoms with Gasteiger partial charge in [0, 0.05) is 0 Å². The van der Waals surface area contributed by atoms with Crippen LogP contribution in [0.4, 0.5) is 5.13 Å². The van der Waals surface area contributed by atoms with Gasteiger partial charge in [-0.3, -0.25) is 4.79 Å². The molecule has 0 aliphatic heterocycles. The average molecular weight is 279 g/mol. The van der Waals surface area contributed by atoms with E-state index in [1.807, 2.05) is 6.92 Å². The fraction of sp³-hybridized carbons (Fsp3) is 0.643. The van der Waals surface area contributed by atoms with Gasteiger partial charge in [0.15, 0.2) is 0 Å². The Hall–Kier alpha value is -1.23. The molecule has 0 aromatic carbocycles. The van der Waals surface area contributed by atoms with Crippen molar-refractivity contribution in [2.75, 3.05) is 5.32 Å².